The Morgan fingerprint density at radius 2 is 2.00 bits per heavy atom. The third kappa shape index (κ3) is 2.35. The first-order valence-corrected chi connectivity index (χ1v) is 6.69. The topological polar surface area (TPSA) is 66.8 Å². The van der Waals surface area contributed by atoms with Crippen LogP contribution >= 0.6 is 0 Å². The molecule has 1 aliphatic rings. The highest BCUT2D eigenvalue weighted by molar-refractivity contribution is 6.04. The lowest BCUT2D eigenvalue weighted by molar-refractivity contribution is -0.140. The van der Waals surface area contributed by atoms with Crippen LogP contribution in [-0.2, 0) is 9.59 Å². The molecule has 1 aromatic carbocycles. The number of carbonyl (C=O) groups is 2. The molecule has 1 amide bonds. The van der Waals surface area contributed by atoms with Crippen LogP contribution in [0.4, 0.5) is 5.69 Å². The largest absolute Gasteiger partial charge is 0.480 e. The normalized spacial score (nSPS) is 19.6. The van der Waals surface area contributed by atoms with Gasteiger partial charge in [-0.15, -0.1) is 0 Å². The Kier molecular flexibility index (Phi) is 3.70. The van der Waals surface area contributed by atoms with Crippen LogP contribution in [0.3, 0.4) is 0 Å². The Balaban J connectivity index is 2.54. The van der Waals surface area contributed by atoms with Crippen LogP contribution in [0.15, 0.2) is 18.2 Å². The second-order valence-electron chi connectivity index (χ2n) is 5.36. The fourth-order valence-corrected chi connectivity index (χ4v) is 2.25. The molecular formula is C15H19NO4. The molecule has 0 aliphatic carbocycles. The lowest BCUT2D eigenvalue weighted by Gasteiger charge is -2.35. The molecule has 20 heavy (non-hydrogen) atoms. The van der Waals surface area contributed by atoms with Crippen LogP contribution < -0.4 is 9.64 Å². The molecule has 0 spiro atoms. The number of benzene rings is 1. The number of carbonyl (C=O) groups excluding carboxylic acids is 1. The van der Waals surface area contributed by atoms with E-state index in [1.165, 1.54) is 11.8 Å². The summed E-state index contributed by atoms with van der Waals surface area (Å²) in [7, 11) is 0. The number of nitrogens with zero attached hydrogens (tertiary/aromatic N) is 1. The van der Waals surface area contributed by atoms with Crippen molar-refractivity contribution in [1.82, 2.24) is 0 Å². The fourth-order valence-electron chi connectivity index (χ4n) is 2.25. The summed E-state index contributed by atoms with van der Waals surface area (Å²) in [6.45, 7) is 7.22. The van der Waals surface area contributed by atoms with Gasteiger partial charge in [-0.1, -0.05) is 19.9 Å². The van der Waals surface area contributed by atoms with Crippen molar-refractivity contribution in [1.29, 1.82) is 0 Å². The van der Waals surface area contributed by atoms with Gasteiger partial charge in [0.25, 0.3) is 5.91 Å². The monoisotopic (exact) mass is 277 g/mol. The molecule has 2 atom stereocenters. The van der Waals surface area contributed by atoms with Gasteiger partial charge in [0.05, 0.1) is 5.69 Å². The minimum Gasteiger partial charge on any atom is -0.480 e. The standard InChI is InChI=1S/C15H19NO4/c1-8(2)11-5-6-13-12(7-11)16(9(3)15(18)19)14(17)10(4)20-13/h5-10H,1-4H3,(H,18,19). The highest BCUT2D eigenvalue weighted by Gasteiger charge is 2.37. The number of amides is 1. The zero-order chi connectivity index (χ0) is 15.0. The molecule has 5 nitrogen and oxygen atoms in total. The van der Waals surface area contributed by atoms with Gasteiger partial charge in [0.2, 0.25) is 0 Å². The molecule has 0 saturated heterocycles. The van der Waals surface area contributed by atoms with E-state index in [0.29, 0.717) is 11.4 Å². The predicted molar refractivity (Wildman–Crippen MR) is 75.2 cm³/mol. The summed E-state index contributed by atoms with van der Waals surface area (Å²) in [6.07, 6.45) is -0.672. The van der Waals surface area contributed by atoms with E-state index in [2.05, 4.69) is 0 Å². The third-order valence-corrected chi connectivity index (χ3v) is 3.54. The SMILES string of the molecule is CC1Oc2ccc(C(C)C)cc2N(C(C)C(=O)O)C1=O. The minimum atomic E-state index is -1.03. The second kappa shape index (κ2) is 5.15. The Labute approximate surface area is 118 Å². The number of rotatable bonds is 3. The summed E-state index contributed by atoms with van der Waals surface area (Å²) < 4.78 is 5.55. The van der Waals surface area contributed by atoms with Crippen LogP contribution in [-0.4, -0.2) is 29.1 Å². The van der Waals surface area contributed by atoms with Crippen LogP contribution in [0, 0.1) is 0 Å². The number of hydrogen-bond donors (Lipinski definition) is 1. The number of ether oxygens (including phenoxy) is 1. The maximum Gasteiger partial charge on any atom is 0.326 e. The van der Waals surface area contributed by atoms with Gasteiger partial charge in [-0.05, 0) is 37.5 Å². The van der Waals surface area contributed by atoms with E-state index in [9.17, 15) is 14.7 Å². The first kappa shape index (κ1) is 14.4. The molecule has 1 heterocycles. The van der Waals surface area contributed by atoms with Crippen LogP contribution in [0.2, 0.25) is 0 Å². The number of aliphatic carboxylic acids is 1. The Bertz CT molecular complexity index is 553. The van der Waals surface area contributed by atoms with Gasteiger partial charge in [-0.3, -0.25) is 9.69 Å². The van der Waals surface area contributed by atoms with E-state index in [1.54, 1.807) is 13.0 Å². The van der Waals surface area contributed by atoms with Crippen molar-refractivity contribution >= 4 is 17.6 Å². The molecule has 2 unspecified atom stereocenters. The number of carboxylic acids is 1. The molecule has 5 heteroatoms. The zero-order valence-corrected chi connectivity index (χ0v) is 12.1. The van der Waals surface area contributed by atoms with Gasteiger partial charge in [0, 0.05) is 0 Å². The van der Waals surface area contributed by atoms with Crippen LogP contribution in [0.25, 0.3) is 0 Å². The predicted octanol–water partition coefficient (Wildman–Crippen LogP) is 2.40. The van der Waals surface area contributed by atoms with Crippen molar-refractivity contribution in [3.63, 3.8) is 0 Å². The van der Waals surface area contributed by atoms with Gasteiger partial charge in [-0.25, -0.2) is 4.79 Å². The first-order chi connectivity index (χ1) is 9.32. The molecule has 0 saturated carbocycles. The van der Waals surface area contributed by atoms with Crippen molar-refractivity contribution in [2.45, 2.75) is 45.8 Å². The highest BCUT2D eigenvalue weighted by atomic mass is 16.5. The molecule has 108 valence electrons. The van der Waals surface area contributed by atoms with E-state index >= 15 is 0 Å². The molecular weight excluding hydrogens is 258 g/mol. The van der Waals surface area contributed by atoms with E-state index in [-0.39, 0.29) is 11.8 Å². The van der Waals surface area contributed by atoms with Gasteiger partial charge in [0.1, 0.15) is 11.8 Å². The maximum atomic E-state index is 12.3. The minimum absolute atomic E-state index is 0.289. The lowest BCUT2D eigenvalue weighted by Crippen LogP contribution is -2.51. The molecule has 0 bridgehead atoms. The molecule has 1 aromatic rings. The molecule has 0 fully saturated rings. The van der Waals surface area contributed by atoms with E-state index in [1.807, 2.05) is 26.0 Å². The highest BCUT2D eigenvalue weighted by Crippen LogP contribution is 2.37. The number of carboxylic acid groups (broad SMARTS) is 1. The van der Waals surface area contributed by atoms with Gasteiger partial charge in [0.15, 0.2) is 6.10 Å². The average molecular weight is 277 g/mol. The summed E-state index contributed by atoms with van der Waals surface area (Å²) in [6, 6.07) is 4.66. The number of fused-ring (bicyclic) bond motifs is 1. The van der Waals surface area contributed by atoms with Crippen molar-refractivity contribution in [2.24, 2.45) is 0 Å². The van der Waals surface area contributed by atoms with Crippen molar-refractivity contribution in [3.05, 3.63) is 23.8 Å². The van der Waals surface area contributed by atoms with Crippen molar-refractivity contribution in [3.8, 4) is 5.75 Å². The maximum absolute atomic E-state index is 12.3. The van der Waals surface area contributed by atoms with Gasteiger partial charge >= 0.3 is 5.97 Å². The zero-order valence-electron chi connectivity index (χ0n) is 12.1. The fraction of sp³-hybridized carbons (Fsp3) is 0.467. The Morgan fingerprint density at radius 1 is 1.35 bits per heavy atom. The molecule has 1 N–H and O–H groups in total. The number of hydrogen-bond acceptors (Lipinski definition) is 3. The van der Waals surface area contributed by atoms with Crippen LogP contribution in [0.1, 0.15) is 39.2 Å². The molecule has 0 radical (unpaired) electrons. The number of anilines is 1. The summed E-state index contributed by atoms with van der Waals surface area (Å²) in [4.78, 5) is 24.8. The Hall–Kier alpha value is -2.04. The summed E-state index contributed by atoms with van der Waals surface area (Å²) in [5.74, 6) is -0.520. The average Bonchev–Trinajstić information content (AvgIpc) is 2.38. The molecule has 0 aromatic heterocycles. The van der Waals surface area contributed by atoms with Gasteiger partial charge < -0.3 is 9.84 Å². The van der Waals surface area contributed by atoms with Crippen LogP contribution in [0.5, 0.6) is 5.75 Å². The van der Waals surface area contributed by atoms with E-state index in [4.69, 9.17) is 4.74 Å². The molecule has 2 rings (SSSR count). The summed E-state index contributed by atoms with van der Waals surface area (Å²) >= 11 is 0. The van der Waals surface area contributed by atoms with E-state index < -0.39 is 18.1 Å². The summed E-state index contributed by atoms with van der Waals surface area (Å²) in [5.41, 5.74) is 1.58. The smallest absolute Gasteiger partial charge is 0.326 e. The first-order valence-electron chi connectivity index (χ1n) is 6.69. The van der Waals surface area contributed by atoms with Crippen molar-refractivity contribution < 1.29 is 19.4 Å². The quantitative estimate of drug-likeness (QED) is 0.921. The lowest BCUT2D eigenvalue weighted by atomic mass is 10.0. The van der Waals surface area contributed by atoms with Gasteiger partial charge in [-0.2, -0.15) is 0 Å². The third-order valence-electron chi connectivity index (χ3n) is 3.54. The van der Waals surface area contributed by atoms with E-state index in [0.717, 1.165) is 5.56 Å². The Morgan fingerprint density at radius 3 is 2.55 bits per heavy atom. The second-order valence-corrected chi connectivity index (χ2v) is 5.36. The van der Waals surface area contributed by atoms with Crippen molar-refractivity contribution in [2.75, 3.05) is 4.90 Å². The summed E-state index contributed by atoms with van der Waals surface area (Å²) in [5, 5.41) is 9.21. The molecule has 1 aliphatic heterocycles.